The summed E-state index contributed by atoms with van der Waals surface area (Å²) in [6, 6.07) is 0.879. The number of aliphatic hydroxyl groups excluding tert-OH is 1. The monoisotopic (exact) mass is 493 g/mol. The molecule has 2 rings (SSSR count). The van der Waals surface area contributed by atoms with Gasteiger partial charge in [0.1, 0.15) is 26.2 Å². The standard InChI is InChI=1S/C19H29B3N2O9P/c1-24-18(26)4-5-19(27)32-12-8-16(20)30-15(12)11-29-34(2,28-7-3-6-23)33-13-9-17(22-21)31-14(13)10-25/h12-17,25H,2-5,7-11H2,1H3,(H,24,26)/t12?,13?,14-,15-,16-,17-,34?/m1/s1. The zero-order valence-electron chi connectivity index (χ0n) is 19.2. The summed E-state index contributed by atoms with van der Waals surface area (Å²) in [6.07, 6.45) is 1.90. The third-order valence-electron chi connectivity index (χ3n) is 5.20. The van der Waals surface area contributed by atoms with Gasteiger partial charge in [0.25, 0.3) is 7.57 Å². The lowest BCUT2D eigenvalue weighted by molar-refractivity contribution is -0.153. The Hall–Kier alpha value is -1.32. The van der Waals surface area contributed by atoms with Crippen LogP contribution in [0.1, 0.15) is 32.1 Å². The first-order valence-corrected chi connectivity index (χ1v) is 12.7. The summed E-state index contributed by atoms with van der Waals surface area (Å²) in [7, 11) is 11.0. The Morgan fingerprint density at radius 2 is 2.03 bits per heavy atom. The minimum absolute atomic E-state index is 0.000924. The number of amides is 1. The second-order valence-corrected chi connectivity index (χ2v) is 9.71. The lowest BCUT2D eigenvalue weighted by Crippen LogP contribution is -2.32. The first kappa shape index (κ1) is 28.9. The Kier molecular flexibility index (Phi) is 12.2. The van der Waals surface area contributed by atoms with Gasteiger partial charge in [-0.05, 0) is 12.7 Å². The Morgan fingerprint density at radius 1 is 1.26 bits per heavy atom. The number of hydrogen-bond acceptors (Lipinski definition) is 10. The van der Waals surface area contributed by atoms with Crippen molar-refractivity contribution in [2.24, 2.45) is 0 Å². The van der Waals surface area contributed by atoms with Gasteiger partial charge in [-0.25, -0.2) is 0 Å². The molecule has 3 unspecified atom stereocenters. The van der Waals surface area contributed by atoms with Gasteiger partial charge in [0.05, 0.1) is 52.0 Å². The molecule has 2 heterocycles. The van der Waals surface area contributed by atoms with Crippen molar-refractivity contribution in [3.8, 4) is 6.07 Å². The molecule has 2 N–H and O–H groups in total. The molecule has 0 aromatic heterocycles. The molecule has 0 bridgehead atoms. The van der Waals surface area contributed by atoms with Crippen LogP contribution in [0.25, 0.3) is 0 Å². The molecule has 0 aliphatic carbocycles. The number of carbonyl (C=O) groups excluding carboxylic acids is 2. The zero-order chi connectivity index (χ0) is 25.1. The van der Waals surface area contributed by atoms with Gasteiger partial charge >= 0.3 is 5.97 Å². The summed E-state index contributed by atoms with van der Waals surface area (Å²) in [6.45, 7) is -0.406. The number of esters is 1. The van der Waals surface area contributed by atoms with Crippen LogP contribution in [0.5, 0.6) is 0 Å². The molecular formula is C19H29B3N2O9P. The lowest BCUT2D eigenvalue weighted by atomic mass is 9.51. The maximum absolute atomic E-state index is 12.1. The molecule has 2 fully saturated rings. The Balaban J connectivity index is 2.00. The molecule has 0 saturated carbocycles. The summed E-state index contributed by atoms with van der Waals surface area (Å²) < 4.78 is 34.2. The molecule has 2 aliphatic heterocycles. The molecule has 2 saturated heterocycles. The second-order valence-electron chi connectivity index (χ2n) is 7.77. The average molecular weight is 493 g/mol. The normalized spacial score (nSPS) is 30.3. The summed E-state index contributed by atoms with van der Waals surface area (Å²) >= 11 is 0. The molecule has 0 aromatic rings. The van der Waals surface area contributed by atoms with Crippen LogP contribution in [0.15, 0.2) is 0 Å². The van der Waals surface area contributed by atoms with Gasteiger partial charge in [0.2, 0.25) is 5.91 Å². The van der Waals surface area contributed by atoms with Crippen LogP contribution in [0.2, 0.25) is 0 Å². The minimum Gasteiger partial charge on any atom is -0.459 e. The predicted octanol–water partition coefficient (Wildman–Crippen LogP) is -0.870. The van der Waals surface area contributed by atoms with E-state index in [1.165, 1.54) is 14.2 Å². The van der Waals surface area contributed by atoms with Crippen LogP contribution in [0, 0.1) is 11.3 Å². The van der Waals surface area contributed by atoms with E-state index in [0.717, 1.165) is 0 Å². The van der Waals surface area contributed by atoms with Crippen molar-refractivity contribution in [3.05, 3.63) is 0 Å². The van der Waals surface area contributed by atoms with Gasteiger partial charge in [-0.3, -0.25) is 9.59 Å². The highest BCUT2D eigenvalue weighted by molar-refractivity contribution is 7.59. The summed E-state index contributed by atoms with van der Waals surface area (Å²) in [5.74, 6) is -0.840. The highest BCUT2D eigenvalue weighted by Gasteiger charge is 2.40. The van der Waals surface area contributed by atoms with Crippen molar-refractivity contribution in [2.75, 3.05) is 26.9 Å². The van der Waals surface area contributed by atoms with Crippen LogP contribution < -0.4 is 5.32 Å². The fraction of sp³-hybridized carbons (Fsp3) is 0.789. The lowest BCUT2D eigenvalue weighted by Gasteiger charge is -2.30. The number of hydrogen-bond donors (Lipinski definition) is 2. The van der Waals surface area contributed by atoms with Crippen LogP contribution in [0.3, 0.4) is 0 Å². The maximum atomic E-state index is 12.1. The molecule has 7 atom stereocenters. The number of ether oxygens (including phenoxy) is 3. The highest BCUT2D eigenvalue weighted by Crippen LogP contribution is 2.52. The van der Waals surface area contributed by atoms with Gasteiger partial charge < -0.3 is 38.2 Å². The Bertz CT molecular complexity index is 772. The Morgan fingerprint density at radius 3 is 2.68 bits per heavy atom. The molecule has 2 aliphatic rings. The molecule has 0 aromatic carbocycles. The molecule has 0 spiro atoms. The molecule has 5 radical (unpaired) electrons. The minimum atomic E-state index is -3.26. The SMILES string of the molecule is [B][B][C@H]1CC(OP(=C)(OCCC#N)OC[C@H]2O[C@@H]([B])CC2OC(=O)CCC(=O)NC)[C@@H](CO)O1. The van der Waals surface area contributed by atoms with Gasteiger partial charge in [-0.1, -0.05) is 0 Å². The number of nitrogens with zero attached hydrogens (tertiary/aromatic N) is 1. The molecule has 11 nitrogen and oxygen atoms in total. The molecule has 34 heavy (non-hydrogen) atoms. The predicted molar refractivity (Wildman–Crippen MR) is 125 cm³/mol. The van der Waals surface area contributed by atoms with Crippen molar-refractivity contribution < 1.29 is 42.5 Å². The number of rotatable bonds is 14. The first-order chi connectivity index (χ1) is 16.2. The van der Waals surface area contributed by atoms with Crippen molar-refractivity contribution >= 4 is 48.5 Å². The number of nitrogens with one attached hydrogen (secondary N) is 1. The number of aliphatic hydroxyl groups is 1. The quantitative estimate of drug-likeness (QED) is 0.136. The molecule has 15 heteroatoms. The second kappa shape index (κ2) is 14.3. The van der Waals surface area contributed by atoms with E-state index in [2.05, 4.69) is 11.6 Å². The fourth-order valence-electron chi connectivity index (χ4n) is 3.45. The van der Waals surface area contributed by atoms with E-state index in [1.807, 2.05) is 6.07 Å². The van der Waals surface area contributed by atoms with Crippen LogP contribution in [-0.4, -0.2) is 109 Å². The summed E-state index contributed by atoms with van der Waals surface area (Å²) in [4.78, 5) is 23.5. The summed E-state index contributed by atoms with van der Waals surface area (Å²) in [5, 5.41) is 20.9. The zero-order valence-corrected chi connectivity index (χ0v) is 20.1. The van der Waals surface area contributed by atoms with Gasteiger partial charge in [-0.15, -0.1) is 0 Å². The van der Waals surface area contributed by atoms with Gasteiger partial charge in [-0.2, -0.15) is 5.26 Å². The van der Waals surface area contributed by atoms with E-state index in [1.54, 1.807) is 0 Å². The van der Waals surface area contributed by atoms with E-state index in [4.69, 9.17) is 48.6 Å². The van der Waals surface area contributed by atoms with Gasteiger partial charge in [0, 0.05) is 39.6 Å². The Labute approximate surface area is 203 Å². The van der Waals surface area contributed by atoms with Crippen LogP contribution in [0.4, 0.5) is 0 Å². The van der Waals surface area contributed by atoms with E-state index in [-0.39, 0.29) is 51.4 Å². The fourth-order valence-corrected chi connectivity index (χ4v) is 5.03. The van der Waals surface area contributed by atoms with Crippen molar-refractivity contribution in [1.82, 2.24) is 5.32 Å². The third kappa shape index (κ3) is 9.04. The smallest absolute Gasteiger partial charge is 0.306 e. The van der Waals surface area contributed by atoms with Crippen molar-refractivity contribution in [1.29, 1.82) is 5.26 Å². The molecular weight excluding hydrogens is 464 g/mol. The van der Waals surface area contributed by atoms with E-state index < -0.39 is 50.0 Å². The van der Waals surface area contributed by atoms with Gasteiger partial charge in [0.15, 0.2) is 0 Å². The first-order valence-electron chi connectivity index (χ1n) is 10.9. The molecule has 1 amide bonds. The highest BCUT2D eigenvalue weighted by atomic mass is 31.2. The number of nitriles is 1. The largest absolute Gasteiger partial charge is 0.459 e. The van der Waals surface area contributed by atoms with Crippen molar-refractivity contribution in [2.45, 2.75) is 68.5 Å². The summed E-state index contributed by atoms with van der Waals surface area (Å²) in [5.41, 5.74) is 0. The van der Waals surface area contributed by atoms with E-state index >= 15 is 0 Å². The van der Waals surface area contributed by atoms with E-state index in [9.17, 15) is 14.7 Å². The maximum Gasteiger partial charge on any atom is 0.306 e. The number of carbonyl (C=O) groups is 2. The van der Waals surface area contributed by atoms with Crippen molar-refractivity contribution in [3.63, 3.8) is 0 Å². The topological polar surface area (TPSA) is 146 Å². The van der Waals surface area contributed by atoms with Crippen LogP contribution in [-0.2, 0) is 37.4 Å². The third-order valence-corrected chi connectivity index (χ3v) is 6.91. The average Bonchev–Trinajstić information content (AvgIpc) is 3.37. The van der Waals surface area contributed by atoms with Crippen LogP contribution >= 0.6 is 7.57 Å². The van der Waals surface area contributed by atoms with E-state index in [0.29, 0.717) is 6.42 Å². The molecule has 183 valence electrons.